The van der Waals surface area contributed by atoms with Crippen molar-refractivity contribution in [3.63, 3.8) is 0 Å². The van der Waals surface area contributed by atoms with E-state index in [9.17, 15) is 4.79 Å². The standard InChI is InChI=1S/C15H22BrNO2/c1-15(2,3)13-6-4-12(5-7-13)14(18)17-9-11-19-10-8-16/h4-7H,8-11H2,1-3H3,(H,17,18). The van der Waals surface area contributed by atoms with Gasteiger partial charge in [0.1, 0.15) is 0 Å². The molecule has 0 aliphatic heterocycles. The van der Waals surface area contributed by atoms with E-state index in [1.807, 2.05) is 24.3 Å². The van der Waals surface area contributed by atoms with Crippen LogP contribution >= 0.6 is 15.9 Å². The summed E-state index contributed by atoms with van der Waals surface area (Å²) in [7, 11) is 0. The van der Waals surface area contributed by atoms with Crippen molar-refractivity contribution in [3.05, 3.63) is 35.4 Å². The van der Waals surface area contributed by atoms with Gasteiger partial charge in [0.15, 0.2) is 0 Å². The van der Waals surface area contributed by atoms with Crippen molar-refractivity contribution in [2.75, 3.05) is 25.1 Å². The molecule has 4 heteroatoms. The van der Waals surface area contributed by atoms with E-state index in [0.717, 1.165) is 5.33 Å². The third-order valence-corrected chi connectivity index (χ3v) is 3.09. The van der Waals surface area contributed by atoms with Crippen LogP contribution in [-0.2, 0) is 10.2 Å². The zero-order valence-corrected chi connectivity index (χ0v) is 13.4. The number of benzene rings is 1. The van der Waals surface area contributed by atoms with Gasteiger partial charge in [0.05, 0.1) is 13.2 Å². The molecule has 0 atom stereocenters. The Labute approximate surface area is 123 Å². The van der Waals surface area contributed by atoms with Crippen molar-refractivity contribution in [1.29, 1.82) is 0 Å². The summed E-state index contributed by atoms with van der Waals surface area (Å²) >= 11 is 3.28. The quantitative estimate of drug-likeness (QED) is 0.644. The van der Waals surface area contributed by atoms with E-state index in [-0.39, 0.29) is 11.3 Å². The van der Waals surface area contributed by atoms with Crippen molar-refractivity contribution >= 4 is 21.8 Å². The smallest absolute Gasteiger partial charge is 0.251 e. The SMILES string of the molecule is CC(C)(C)c1ccc(C(=O)NCCOCCBr)cc1. The molecule has 0 heterocycles. The number of halogens is 1. The summed E-state index contributed by atoms with van der Waals surface area (Å²) in [5.74, 6) is -0.0529. The second-order valence-electron chi connectivity index (χ2n) is 5.38. The Hall–Kier alpha value is -0.870. The van der Waals surface area contributed by atoms with E-state index in [0.29, 0.717) is 25.3 Å². The van der Waals surface area contributed by atoms with Gasteiger partial charge in [-0.2, -0.15) is 0 Å². The monoisotopic (exact) mass is 327 g/mol. The van der Waals surface area contributed by atoms with E-state index < -0.39 is 0 Å². The van der Waals surface area contributed by atoms with Gasteiger partial charge in [-0.1, -0.05) is 48.8 Å². The number of hydrogen-bond donors (Lipinski definition) is 1. The van der Waals surface area contributed by atoms with E-state index in [4.69, 9.17) is 4.74 Å². The fourth-order valence-corrected chi connectivity index (χ4v) is 1.85. The van der Waals surface area contributed by atoms with E-state index in [2.05, 4.69) is 42.0 Å². The highest BCUT2D eigenvalue weighted by atomic mass is 79.9. The van der Waals surface area contributed by atoms with Gasteiger partial charge in [0.25, 0.3) is 5.91 Å². The van der Waals surface area contributed by atoms with Gasteiger partial charge in [-0.25, -0.2) is 0 Å². The van der Waals surface area contributed by atoms with Crippen molar-refractivity contribution in [1.82, 2.24) is 5.32 Å². The summed E-state index contributed by atoms with van der Waals surface area (Å²) in [6.45, 7) is 8.20. The number of amides is 1. The molecule has 0 fully saturated rings. The minimum absolute atomic E-state index is 0.0529. The lowest BCUT2D eigenvalue weighted by atomic mass is 9.87. The van der Waals surface area contributed by atoms with Gasteiger partial charge >= 0.3 is 0 Å². The van der Waals surface area contributed by atoms with Crippen LogP contribution in [-0.4, -0.2) is 31.0 Å². The Morgan fingerprint density at radius 1 is 1.21 bits per heavy atom. The molecule has 3 nitrogen and oxygen atoms in total. The molecule has 0 unspecified atom stereocenters. The van der Waals surface area contributed by atoms with Crippen LogP contribution in [0.5, 0.6) is 0 Å². The van der Waals surface area contributed by atoms with Crippen LogP contribution in [0, 0.1) is 0 Å². The number of carbonyl (C=O) groups excluding carboxylic acids is 1. The van der Waals surface area contributed by atoms with Crippen LogP contribution in [0.4, 0.5) is 0 Å². The molecule has 0 radical (unpaired) electrons. The third-order valence-electron chi connectivity index (χ3n) is 2.77. The van der Waals surface area contributed by atoms with Crippen LogP contribution in [0.3, 0.4) is 0 Å². The first-order valence-electron chi connectivity index (χ1n) is 6.47. The average molecular weight is 328 g/mol. The van der Waals surface area contributed by atoms with Crippen molar-refractivity contribution in [2.45, 2.75) is 26.2 Å². The van der Waals surface area contributed by atoms with Crippen LogP contribution in [0.15, 0.2) is 24.3 Å². The summed E-state index contributed by atoms with van der Waals surface area (Å²) in [5.41, 5.74) is 2.02. The van der Waals surface area contributed by atoms with Gasteiger partial charge in [0.2, 0.25) is 0 Å². The first kappa shape index (κ1) is 16.2. The summed E-state index contributed by atoms with van der Waals surface area (Å²) < 4.78 is 5.27. The maximum atomic E-state index is 11.9. The molecule has 1 N–H and O–H groups in total. The predicted octanol–water partition coefficient (Wildman–Crippen LogP) is 3.13. The molecule has 106 valence electrons. The predicted molar refractivity (Wildman–Crippen MR) is 82.1 cm³/mol. The number of alkyl halides is 1. The van der Waals surface area contributed by atoms with Gasteiger partial charge in [-0.05, 0) is 23.1 Å². The summed E-state index contributed by atoms with van der Waals surface area (Å²) in [5, 5.41) is 3.65. The molecule has 1 aromatic carbocycles. The van der Waals surface area contributed by atoms with Crippen LogP contribution < -0.4 is 5.32 Å². The summed E-state index contributed by atoms with van der Waals surface area (Å²) in [6.07, 6.45) is 0. The minimum atomic E-state index is -0.0529. The molecular weight excluding hydrogens is 306 g/mol. The van der Waals surface area contributed by atoms with Gasteiger partial charge < -0.3 is 10.1 Å². The van der Waals surface area contributed by atoms with Crippen molar-refractivity contribution < 1.29 is 9.53 Å². The number of rotatable bonds is 6. The third kappa shape index (κ3) is 5.74. The molecule has 0 spiro atoms. The Kier molecular flexibility index (Phi) is 6.52. The molecule has 1 rings (SSSR count). The molecule has 0 bridgehead atoms. The largest absolute Gasteiger partial charge is 0.379 e. The Morgan fingerprint density at radius 3 is 2.37 bits per heavy atom. The number of carbonyl (C=O) groups is 1. The minimum Gasteiger partial charge on any atom is -0.379 e. The number of nitrogens with one attached hydrogen (secondary N) is 1. The molecule has 0 aliphatic rings. The zero-order chi connectivity index (χ0) is 14.3. The van der Waals surface area contributed by atoms with E-state index in [1.165, 1.54) is 5.56 Å². The molecular formula is C15H22BrNO2. The van der Waals surface area contributed by atoms with Crippen LogP contribution in [0.25, 0.3) is 0 Å². The zero-order valence-electron chi connectivity index (χ0n) is 11.8. The van der Waals surface area contributed by atoms with Crippen LogP contribution in [0.2, 0.25) is 0 Å². The Morgan fingerprint density at radius 2 is 1.84 bits per heavy atom. The second kappa shape index (κ2) is 7.65. The molecule has 0 saturated heterocycles. The number of ether oxygens (including phenoxy) is 1. The molecule has 1 aromatic rings. The second-order valence-corrected chi connectivity index (χ2v) is 6.18. The van der Waals surface area contributed by atoms with Gasteiger partial charge in [-0.15, -0.1) is 0 Å². The van der Waals surface area contributed by atoms with Gasteiger partial charge in [-0.3, -0.25) is 4.79 Å². The highest BCUT2D eigenvalue weighted by Gasteiger charge is 2.14. The number of hydrogen-bond acceptors (Lipinski definition) is 2. The summed E-state index contributed by atoms with van der Waals surface area (Å²) in [4.78, 5) is 11.9. The Bertz CT molecular complexity index is 396. The Balaban J connectivity index is 2.45. The lowest BCUT2D eigenvalue weighted by Crippen LogP contribution is -2.27. The highest BCUT2D eigenvalue weighted by molar-refractivity contribution is 9.09. The maximum Gasteiger partial charge on any atom is 0.251 e. The molecule has 0 saturated carbocycles. The highest BCUT2D eigenvalue weighted by Crippen LogP contribution is 2.22. The van der Waals surface area contributed by atoms with Gasteiger partial charge in [0, 0.05) is 17.4 Å². The van der Waals surface area contributed by atoms with Crippen LogP contribution in [0.1, 0.15) is 36.7 Å². The average Bonchev–Trinajstić information content (AvgIpc) is 2.37. The lowest BCUT2D eigenvalue weighted by molar-refractivity contribution is 0.0924. The normalized spacial score (nSPS) is 11.4. The van der Waals surface area contributed by atoms with Crippen molar-refractivity contribution in [3.8, 4) is 0 Å². The first-order chi connectivity index (χ1) is 8.95. The fourth-order valence-electron chi connectivity index (χ4n) is 1.62. The summed E-state index contributed by atoms with van der Waals surface area (Å²) in [6, 6.07) is 7.76. The van der Waals surface area contributed by atoms with E-state index in [1.54, 1.807) is 0 Å². The molecule has 19 heavy (non-hydrogen) atoms. The van der Waals surface area contributed by atoms with Crippen molar-refractivity contribution in [2.24, 2.45) is 0 Å². The van der Waals surface area contributed by atoms with E-state index >= 15 is 0 Å². The topological polar surface area (TPSA) is 38.3 Å². The first-order valence-corrected chi connectivity index (χ1v) is 7.60. The molecule has 0 aliphatic carbocycles. The lowest BCUT2D eigenvalue weighted by Gasteiger charge is -2.19. The maximum absolute atomic E-state index is 11.9. The molecule has 1 amide bonds. The fraction of sp³-hybridized carbons (Fsp3) is 0.533. The molecule has 0 aromatic heterocycles.